The van der Waals surface area contributed by atoms with Crippen molar-refractivity contribution in [2.45, 2.75) is 25.2 Å². The van der Waals surface area contributed by atoms with Gasteiger partial charge in [-0.3, -0.25) is 0 Å². The number of hydrogen-bond acceptors (Lipinski definition) is 3. The molecule has 1 aromatic heterocycles. The van der Waals surface area contributed by atoms with Crippen molar-refractivity contribution >= 4 is 5.82 Å². The van der Waals surface area contributed by atoms with Crippen molar-refractivity contribution in [1.82, 2.24) is 9.88 Å². The number of rotatable bonds is 2. The maximum Gasteiger partial charge on any atom is 0.128 e. The van der Waals surface area contributed by atoms with Gasteiger partial charge < -0.3 is 9.80 Å². The van der Waals surface area contributed by atoms with Gasteiger partial charge >= 0.3 is 0 Å². The highest BCUT2D eigenvalue weighted by Crippen LogP contribution is 2.36. The van der Waals surface area contributed by atoms with Gasteiger partial charge in [0.2, 0.25) is 0 Å². The molecule has 17 heavy (non-hydrogen) atoms. The van der Waals surface area contributed by atoms with E-state index in [9.17, 15) is 0 Å². The van der Waals surface area contributed by atoms with Gasteiger partial charge in [-0.15, -0.1) is 0 Å². The van der Waals surface area contributed by atoms with E-state index in [4.69, 9.17) is 0 Å². The Balaban J connectivity index is 1.67. The van der Waals surface area contributed by atoms with Gasteiger partial charge in [-0.05, 0) is 37.4 Å². The molecule has 0 bridgehead atoms. The number of piperazine rings is 1. The lowest BCUT2D eigenvalue weighted by molar-refractivity contribution is 0.312. The summed E-state index contributed by atoms with van der Waals surface area (Å²) in [5.41, 5.74) is 1.44. The summed E-state index contributed by atoms with van der Waals surface area (Å²) in [5.74, 6) is 1.95. The van der Waals surface area contributed by atoms with Crippen molar-refractivity contribution in [3.8, 4) is 0 Å². The van der Waals surface area contributed by atoms with Crippen molar-refractivity contribution in [3.05, 3.63) is 23.9 Å². The maximum atomic E-state index is 4.64. The lowest BCUT2D eigenvalue weighted by atomic mass is 9.81. The zero-order valence-electron chi connectivity index (χ0n) is 10.6. The highest BCUT2D eigenvalue weighted by molar-refractivity contribution is 5.40. The second kappa shape index (κ2) is 4.65. The lowest BCUT2D eigenvalue weighted by Gasteiger charge is -2.33. The normalized spacial score (nSPS) is 22.5. The predicted octanol–water partition coefficient (Wildman–Crippen LogP) is 2.10. The van der Waals surface area contributed by atoms with Crippen LogP contribution < -0.4 is 4.90 Å². The summed E-state index contributed by atoms with van der Waals surface area (Å²) in [5, 5.41) is 0. The van der Waals surface area contributed by atoms with Crippen molar-refractivity contribution in [3.63, 3.8) is 0 Å². The molecule has 2 fully saturated rings. The summed E-state index contributed by atoms with van der Waals surface area (Å²) < 4.78 is 0. The van der Waals surface area contributed by atoms with E-state index in [-0.39, 0.29) is 0 Å². The quantitative estimate of drug-likeness (QED) is 0.777. The van der Waals surface area contributed by atoms with Gasteiger partial charge in [-0.1, -0.05) is 12.5 Å². The maximum absolute atomic E-state index is 4.64. The molecule has 0 spiro atoms. The molecule has 0 amide bonds. The molecule has 0 N–H and O–H groups in total. The second-order valence-corrected chi connectivity index (χ2v) is 5.37. The van der Waals surface area contributed by atoms with E-state index in [0.29, 0.717) is 0 Å². The Kier molecular flexibility index (Phi) is 3.02. The Morgan fingerprint density at radius 3 is 2.41 bits per heavy atom. The zero-order chi connectivity index (χ0) is 11.7. The van der Waals surface area contributed by atoms with E-state index in [1.807, 2.05) is 0 Å². The molecule has 0 aromatic carbocycles. The third-order valence-electron chi connectivity index (χ3n) is 4.17. The van der Waals surface area contributed by atoms with Crippen LogP contribution in [0.4, 0.5) is 5.82 Å². The number of pyridine rings is 1. The zero-order valence-corrected chi connectivity index (χ0v) is 10.6. The van der Waals surface area contributed by atoms with Crippen LogP contribution >= 0.6 is 0 Å². The summed E-state index contributed by atoms with van der Waals surface area (Å²) in [4.78, 5) is 9.41. The molecule has 1 aliphatic heterocycles. The average molecular weight is 231 g/mol. The van der Waals surface area contributed by atoms with Gasteiger partial charge in [0, 0.05) is 32.4 Å². The fraction of sp³-hybridized carbons (Fsp3) is 0.643. The number of hydrogen-bond donors (Lipinski definition) is 0. The topological polar surface area (TPSA) is 19.4 Å². The van der Waals surface area contributed by atoms with E-state index in [0.717, 1.165) is 37.9 Å². The van der Waals surface area contributed by atoms with Gasteiger partial charge in [0.05, 0.1) is 0 Å². The summed E-state index contributed by atoms with van der Waals surface area (Å²) in [7, 11) is 2.18. The Morgan fingerprint density at radius 2 is 1.88 bits per heavy atom. The standard InChI is InChI=1S/C14H21N3/c1-16-7-9-17(10-8-16)14-6-5-13(11-15-14)12-3-2-4-12/h5-6,11-12H,2-4,7-10H2,1H3. The molecule has 1 aromatic rings. The molecular weight excluding hydrogens is 210 g/mol. The van der Waals surface area contributed by atoms with E-state index in [1.54, 1.807) is 0 Å². The fourth-order valence-electron chi connectivity index (χ4n) is 2.60. The summed E-state index contributed by atoms with van der Waals surface area (Å²) in [6.07, 6.45) is 6.20. The molecule has 0 atom stereocenters. The van der Waals surface area contributed by atoms with Crippen LogP contribution in [0.25, 0.3) is 0 Å². The molecule has 3 nitrogen and oxygen atoms in total. The minimum absolute atomic E-state index is 0.795. The predicted molar refractivity (Wildman–Crippen MR) is 70.5 cm³/mol. The van der Waals surface area contributed by atoms with Crippen LogP contribution in [-0.4, -0.2) is 43.1 Å². The monoisotopic (exact) mass is 231 g/mol. The van der Waals surface area contributed by atoms with Crippen molar-refractivity contribution in [2.24, 2.45) is 0 Å². The van der Waals surface area contributed by atoms with Crippen LogP contribution in [0.15, 0.2) is 18.3 Å². The Labute approximate surface area is 103 Å². The highest BCUT2D eigenvalue weighted by atomic mass is 15.3. The van der Waals surface area contributed by atoms with E-state index in [2.05, 4.69) is 40.2 Å². The van der Waals surface area contributed by atoms with E-state index < -0.39 is 0 Å². The molecule has 0 radical (unpaired) electrons. The molecule has 3 heteroatoms. The molecular formula is C14H21N3. The molecule has 1 saturated heterocycles. The third kappa shape index (κ3) is 2.29. The minimum Gasteiger partial charge on any atom is -0.354 e. The first-order valence-electron chi connectivity index (χ1n) is 6.72. The van der Waals surface area contributed by atoms with Crippen molar-refractivity contribution in [2.75, 3.05) is 38.1 Å². The Bertz CT molecular complexity index is 362. The summed E-state index contributed by atoms with van der Waals surface area (Å²) in [6, 6.07) is 4.49. The first-order valence-corrected chi connectivity index (χ1v) is 6.72. The van der Waals surface area contributed by atoms with Gasteiger partial charge in [0.1, 0.15) is 5.82 Å². The second-order valence-electron chi connectivity index (χ2n) is 5.37. The number of aromatic nitrogens is 1. The van der Waals surface area contributed by atoms with Crippen LogP contribution in [0, 0.1) is 0 Å². The first kappa shape index (κ1) is 11.0. The van der Waals surface area contributed by atoms with Crippen molar-refractivity contribution < 1.29 is 0 Å². The first-order chi connectivity index (χ1) is 8.33. The van der Waals surface area contributed by atoms with Crippen LogP contribution in [0.1, 0.15) is 30.7 Å². The number of nitrogens with zero attached hydrogens (tertiary/aromatic N) is 3. The van der Waals surface area contributed by atoms with Gasteiger partial charge in [0.15, 0.2) is 0 Å². The Morgan fingerprint density at radius 1 is 1.12 bits per heavy atom. The number of likely N-dealkylation sites (N-methyl/N-ethyl adjacent to an activating group) is 1. The lowest BCUT2D eigenvalue weighted by Crippen LogP contribution is -2.44. The van der Waals surface area contributed by atoms with Crippen molar-refractivity contribution in [1.29, 1.82) is 0 Å². The molecule has 3 rings (SSSR count). The van der Waals surface area contributed by atoms with Crippen LogP contribution in [-0.2, 0) is 0 Å². The SMILES string of the molecule is CN1CCN(c2ccc(C3CCC3)cn2)CC1. The molecule has 1 aliphatic carbocycles. The summed E-state index contributed by atoms with van der Waals surface area (Å²) in [6.45, 7) is 4.50. The van der Waals surface area contributed by atoms with Gasteiger partial charge in [-0.25, -0.2) is 4.98 Å². The third-order valence-corrected chi connectivity index (χ3v) is 4.17. The smallest absolute Gasteiger partial charge is 0.128 e. The largest absolute Gasteiger partial charge is 0.354 e. The summed E-state index contributed by atoms with van der Waals surface area (Å²) >= 11 is 0. The number of anilines is 1. The fourth-order valence-corrected chi connectivity index (χ4v) is 2.60. The minimum atomic E-state index is 0.795. The average Bonchev–Trinajstić information content (AvgIpc) is 2.29. The molecule has 92 valence electrons. The van der Waals surface area contributed by atoms with Gasteiger partial charge in [-0.2, -0.15) is 0 Å². The van der Waals surface area contributed by atoms with Gasteiger partial charge in [0.25, 0.3) is 0 Å². The van der Waals surface area contributed by atoms with Crippen LogP contribution in [0.3, 0.4) is 0 Å². The van der Waals surface area contributed by atoms with Crippen LogP contribution in [0.5, 0.6) is 0 Å². The Hall–Kier alpha value is -1.09. The molecule has 0 unspecified atom stereocenters. The molecule has 2 heterocycles. The van der Waals surface area contributed by atoms with E-state index in [1.165, 1.54) is 24.8 Å². The molecule has 2 aliphatic rings. The van der Waals surface area contributed by atoms with E-state index >= 15 is 0 Å². The highest BCUT2D eigenvalue weighted by Gasteiger charge is 2.20. The van der Waals surface area contributed by atoms with Crippen LogP contribution in [0.2, 0.25) is 0 Å². The molecule has 1 saturated carbocycles.